The predicted molar refractivity (Wildman–Crippen MR) is 72.1 cm³/mol. The van der Waals surface area contributed by atoms with E-state index >= 15 is 0 Å². The lowest BCUT2D eigenvalue weighted by Crippen LogP contribution is -2.54. The number of pyridine rings is 1. The first-order chi connectivity index (χ1) is 9.00. The van der Waals surface area contributed by atoms with Crippen LogP contribution in [0.4, 0.5) is 4.39 Å². The van der Waals surface area contributed by atoms with Crippen LogP contribution < -0.4 is 5.56 Å². The average Bonchev–Trinajstić information content (AvgIpc) is 2.62. The molecule has 1 fully saturated rings. The minimum atomic E-state index is -1.29. The fourth-order valence-electron chi connectivity index (χ4n) is 3.02. The van der Waals surface area contributed by atoms with E-state index in [0.29, 0.717) is 12.8 Å². The summed E-state index contributed by atoms with van der Waals surface area (Å²) in [6.07, 6.45) is 0.949. The predicted octanol–water partition coefficient (Wildman–Crippen LogP) is 2.83. The van der Waals surface area contributed by atoms with E-state index < -0.39 is 23.3 Å². The van der Waals surface area contributed by atoms with Crippen molar-refractivity contribution in [3.8, 4) is 0 Å². The van der Waals surface area contributed by atoms with Gasteiger partial charge >= 0.3 is 0 Å². The lowest BCUT2D eigenvalue weighted by Gasteiger charge is -2.41. The summed E-state index contributed by atoms with van der Waals surface area (Å²) in [5.74, 6) is -0.466. The lowest BCUT2D eigenvalue weighted by molar-refractivity contribution is 0.00179. The van der Waals surface area contributed by atoms with E-state index in [9.17, 15) is 14.0 Å². The van der Waals surface area contributed by atoms with Gasteiger partial charge in [-0.25, -0.2) is 8.32 Å². The molecule has 1 aromatic rings. The van der Waals surface area contributed by atoms with Crippen LogP contribution in [-0.2, 0) is 5.66 Å². The van der Waals surface area contributed by atoms with E-state index in [1.165, 1.54) is 16.7 Å². The third kappa shape index (κ3) is 1.56. The number of halogens is 3. The molecule has 0 radical (unpaired) electrons. The average molecular weight is 350 g/mol. The molecule has 0 N–H and O–H groups in total. The number of aromatic nitrogens is 1. The van der Waals surface area contributed by atoms with Gasteiger partial charge in [0.2, 0.25) is 0 Å². The summed E-state index contributed by atoms with van der Waals surface area (Å²) < 4.78 is 16.9. The number of carbonyl (C=O) groups excluding carboxylic acids is 1. The Labute approximate surface area is 122 Å². The quantitative estimate of drug-likeness (QED) is 0.676. The molecule has 1 aliphatic carbocycles. The molecule has 1 amide bonds. The number of rotatable bonds is 0. The van der Waals surface area contributed by atoms with Crippen molar-refractivity contribution in [1.82, 2.24) is 8.49 Å². The van der Waals surface area contributed by atoms with Gasteiger partial charge in [-0.1, -0.05) is 18.0 Å². The van der Waals surface area contributed by atoms with Crippen LogP contribution in [0, 0.1) is 0 Å². The summed E-state index contributed by atoms with van der Waals surface area (Å²) in [7, 11) is 0. The van der Waals surface area contributed by atoms with E-state index in [2.05, 4.69) is 16.1 Å². The van der Waals surface area contributed by atoms with Crippen molar-refractivity contribution in [2.24, 2.45) is 0 Å². The minimum Gasteiger partial charge on any atom is -0.274 e. The fourth-order valence-corrected chi connectivity index (χ4v) is 3.98. The van der Waals surface area contributed by atoms with Crippen molar-refractivity contribution in [1.29, 1.82) is 0 Å². The molecule has 1 aromatic heterocycles. The van der Waals surface area contributed by atoms with Crippen LogP contribution in [0.2, 0.25) is 5.02 Å². The van der Waals surface area contributed by atoms with Crippen molar-refractivity contribution < 1.29 is 9.18 Å². The summed E-state index contributed by atoms with van der Waals surface area (Å²) in [5, 5.41) is 0.170. The van der Waals surface area contributed by atoms with Gasteiger partial charge in [0.15, 0.2) is 5.66 Å². The topological polar surface area (TPSA) is 42.3 Å². The Hall–Kier alpha value is -0.880. The van der Waals surface area contributed by atoms with Crippen molar-refractivity contribution in [3.63, 3.8) is 0 Å². The Balaban J connectivity index is 2.33. The number of alkyl halides is 1. The van der Waals surface area contributed by atoms with E-state index in [4.69, 9.17) is 11.6 Å². The minimum absolute atomic E-state index is 0.0654. The molecule has 2 unspecified atom stereocenters. The van der Waals surface area contributed by atoms with E-state index in [0.717, 1.165) is 16.8 Å². The second-order valence-electron chi connectivity index (χ2n) is 4.88. The highest BCUT2D eigenvalue weighted by Crippen LogP contribution is 2.47. The molecule has 4 nitrogen and oxygen atoms in total. The van der Waals surface area contributed by atoms with Gasteiger partial charge in [0.1, 0.15) is 11.9 Å². The Morgan fingerprint density at radius 3 is 2.79 bits per heavy atom. The third-order valence-electron chi connectivity index (χ3n) is 3.90. The van der Waals surface area contributed by atoms with Gasteiger partial charge in [-0.15, -0.1) is 0 Å². The van der Waals surface area contributed by atoms with Gasteiger partial charge < -0.3 is 0 Å². The monoisotopic (exact) mass is 348 g/mol. The maximum Gasteiger partial charge on any atom is 0.284 e. The highest BCUT2D eigenvalue weighted by Gasteiger charge is 2.56. The Morgan fingerprint density at radius 1 is 1.37 bits per heavy atom. The maximum absolute atomic E-state index is 14.5. The standard InChI is InChI=1S/C12H11BrClFN2O2/c13-17-11(19)10-7(14)4-5-9(18)16(10)12(17)6-2-1-3-8(12)15/h4-5,8H,1-3,6H2. The molecule has 0 saturated heterocycles. The zero-order chi connectivity index (χ0) is 13.8. The molecule has 1 aliphatic heterocycles. The molecule has 3 rings (SSSR count). The van der Waals surface area contributed by atoms with Gasteiger partial charge in [0, 0.05) is 6.07 Å². The number of carbonyl (C=O) groups is 1. The number of hydrogen-bond acceptors (Lipinski definition) is 2. The van der Waals surface area contributed by atoms with Crippen molar-refractivity contribution >= 4 is 33.7 Å². The molecule has 7 heteroatoms. The molecule has 2 aliphatic rings. The van der Waals surface area contributed by atoms with Gasteiger partial charge in [0.05, 0.1) is 21.2 Å². The molecular formula is C12H11BrClFN2O2. The SMILES string of the molecule is O=C1c2c(Cl)ccc(=O)n2C2(CCCCC2F)N1Br. The van der Waals surface area contributed by atoms with Gasteiger partial charge in [-0.05, 0) is 25.3 Å². The molecule has 102 valence electrons. The smallest absolute Gasteiger partial charge is 0.274 e. The normalized spacial score (nSPS) is 29.9. The van der Waals surface area contributed by atoms with Crippen molar-refractivity contribution in [3.05, 3.63) is 33.2 Å². The van der Waals surface area contributed by atoms with Crippen LogP contribution in [0.15, 0.2) is 16.9 Å². The second kappa shape index (κ2) is 4.31. The second-order valence-corrected chi connectivity index (χ2v) is 6.00. The Bertz CT molecular complexity index is 620. The first-order valence-electron chi connectivity index (χ1n) is 6.06. The zero-order valence-electron chi connectivity index (χ0n) is 9.91. The van der Waals surface area contributed by atoms with E-state index in [-0.39, 0.29) is 10.7 Å². The highest BCUT2D eigenvalue weighted by molar-refractivity contribution is 9.07. The summed E-state index contributed by atoms with van der Waals surface area (Å²) >= 11 is 9.14. The van der Waals surface area contributed by atoms with E-state index in [1.807, 2.05) is 0 Å². The molecule has 1 saturated carbocycles. The van der Waals surface area contributed by atoms with Crippen LogP contribution in [0.25, 0.3) is 0 Å². The summed E-state index contributed by atoms with van der Waals surface area (Å²) in [6.45, 7) is 0. The van der Waals surface area contributed by atoms with Gasteiger partial charge in [-0.2, -0.15) is 0 Å². The molecule has 2 heterocycles. The van der Waals surface area contributed by atoms with Crippen molar-refractivity contribution in [2.45, 2.75) is 37.5 Å². The number of amides is 1. The van der Waals surface area contributed by atoms with Crippen LogP contribution in [0.5, 0.6) is 0 Å². The van der Waals surface area contributed by atoms with Crippen molar-refractivity contribution in [2.75, 3.05) is 0 Å². The van der Waals surface area contributed by atoms with Crippen LogP contribution in [0.3, 0.4) is 0 Å². The fraction of sp³-hybridized carbons (Fsp3) is 0.500. The Morgan fingerprint density at radius 2 is 2.11 bits per heavy atom. The highest BCUT2D eigenvalue weighted by atomic mass is 79.9. The zero-order valence-corrected chi connectivity index (χ0v) is 12.2. The van der Waals surface area contributed by atoms with E-state index in [1.54, 1.807) is 0 Å². The van der Waals surface area contributed by atoms with Gasteiger partial charge in [-0.3, -0.25) is 14.2 Å². The number of nitrogens with zero attached hydrogens (tertiary/aromatic N) is 2. The molecule has 19 heavy (non-hydrogen) atoms. The number of fused-ring (bicyclic) bond motifs is 2. The summed E-state index contributed by atoms with van der Waals surface area (Å²) in [5.41, 5.74) is -1.61. The first-order valence-corrected chi connectivity index (χ1v) is 7.15. The molecule has 0 bridgehead atoms. The molecule has 2 atom stereocenters. The Kier molecular flexibility index (Phi) is 2.98. The van der Waals surface area contributed by atoms with Crippen LogP contribution >= 0.6 is 27.7 Å². The lowest BCUT2D eigenvalue weighted by atomic mass is 9.87. The molecule has 1 spiro atoms. The molecule has 0 aromatic carbocycles. The summed E-state index contributed by atoms with van der Waals surface area (Å²) in [4.78, 5) is 24.4. The van der Waals surface area contributed by atoms with Gasteiger partial charge in [0.25, 0.3) is 11.5 Å². The maximum atomic E-state index is 14.5. The summed E-state index contributed by atoms with van der Waals surface area (Å²) in [6, 6.07) is 2.65. The van der Waals surface area contributed by atoms with Crippen LogP contribution in [-0.4, -0.2) is 20.6 Å². The third-order valence-corrected chi connectivity index (χ3v) is 5.15. The first kappa shape index (κ1) is 13.1. The largest absolute Gasteiger partial charge is 0.284 e. The van der Waals surface area contributed by atoms with Crippen LogP contribution in [0.1, 0.15) is 36.2 Å². The number of hydrogen-bond donors (Lipinski definition) is 0. The molecular weight excluding hydrogens is 338 g/mol.